The maximum atomic E-state index is 12.6. The molecule has 7 nitrogen and oxygen atoms in total. The van der Waals surface area contributed by atoms with Gasteiger partial charge in [0, 0.05) is 76.7 Å². The van der Waals surface area contributed by atoms with E-state index in [4.69, 9.17) is 0 Å². The van der Waals surface area contributed by atoms with Gasteiger partial charge in [-0.2, -0.15) is 0 Å². The number of carbonyl (C=O) groups is 2. The van der Waals surface area contributed by atoms with Crippen LogP contribution in [-0.4, -0.2) is 80.1 Å². The van der Waals surface area contributed by atoms with Gasteiger partial charge in [0.05, 0.1) is 0 Å². The Kier molecular flexibility index (Phi) is 5.06. The molecule has 5 rings (SSSR count). The van der Waals surface area contributed by atoms with Gasteiger partial charge in [0.15, 0.2) is 0 Å². The number of amides is 3. The highest BCUT2D eigenvalue weighted by atomic mass is 16.2. The van der Waals surface area contributed by atoms with Crippen molar-refractivity contribution in [1.82, 2.24) is 25.8 Å². The Morgan fingerprint density at radius 3 is 2.30 bits per heavy atom. The average Bonchev–Trinajstić information content (AvgIpc) is 2.90. The standard InChI is InChI=1S/C20H29N5O2/c1-15(26)21-7-8-22-19(27)23-18-16-11-24-9-10-25(12-16)14-20(18,13-24)17-5-3-2-4-6-17/h2-6,16,18H,7-14H2,1H3,(H,21,26)(H2,22,23,27)/t16?,18-,20?/m0/s1. The Morgan fingerprint density at radius 1 is 1.04 bits per heavy atom. The van der Waals surface area contributed by atoms with E-state index in [0.29, 0.717) is 19.0 Å². The Hall–Kier alpha value is -2.12. The Labute approximate surface area is 160 Å². The Bertz CT molecular complexity index is 679. The first-order chi connectivity index (χ1) is 13.1. The van der Waals surface area contributed by atoms with Crippen LogP contribution in [0.3, 0.4) is 0 Å². The molecule has 27 heavy (non-hydrogen) atoms. The normalized spacial score (nSPS) is 34.0. The second-order valence-electron chi connectivity index (χ2n) is 8.11. The van der Waals surface area contributed by atoms with Gasteiger partial charge >= 0.3 is 6.03 Å². The van der Waals surface area contributed by atoms with Crippen molar-refractivity contribution in [3.63, 3.8) is 0 Å². The van der Waals surface area contributed by atoms with Gasteiger partial charge in [0.25, 0.3) is 0 Å². The third-order valence-corrected chi connectivity index (χ3v) is 6.22. The number of hydrogen-bond acceptors (Lipinski definition) is 4. The van der Waals surface area contributed by atoms with Gasteiger partial charge in [-0.3, -0.25) is 4.79 Å². The van der Waals surface area contributed by atoms with Gasteiger partial charge in [0.2, 0.25) is 5.91 Å². The molecule has 4 fully saturated rings. The molecule has 3 N–H and O–H groups in total. The van der Waals surface area contributed by atoms with E-state index in [0.717, 1.165) is 39.3 Å². The van der Waals surface area contributed by atoms with E-state index in [2.05, 4.69) is 56.1 Å². The zero-order valence-electron chi connectivity index (χ0n) is 15.9. The molecule has 1 aromatic rings. The van der Waals surface area contributed by atoms with Crippen molar-refractivity contribution in [3.8, 4) is 0 Å². The quantitative estimate of drug-likeness (QED) is 0.637. The number of urea groups is 1. The summed E-state index contributed by atoms with van der Waals surface area (Å²) in [6.45, 7) is 8.64. The number of rotatable bonds is 5. The first-order valence-electron chi connectivity index (χ1n) is 9.86. The summed E-state index contributed by atoms with van der Waals surface area (Å²) in [5.74, 6) is 0.344. The molecule has 0 aromatic heterocycles. The van der Waals surface area contributed by atoms with Crippen LogP contribution in [0.5, 0.6) is 0 Å². The second kappa shape index (κ2) is 7.48. The summed E-state index contributed by atoms with van der Waals surface area (Å²) in [6.07, 6.45) is 0. The minimum absolute atomic E-state index is 0.0755. The van der Waals surface area contributed by atoms with Gasteiger partial charge in [-0.15, -0.1) is 0 Å². The van der Waals surface area contributed by atoms with Crippen LogP contribution in [0.2, 0.25) is 0 Å². The van der Waals surface area contributed by atoms with Crippen LogP contribution in [0.1, 0.15) is 12.5 Å². The number of piperidine rings is 2. The molecule has 4 aliphatic rings. The van der Waals surface area contributed by atoms with Gasteiger partial charge in [-0.1, -0.05) is 30.3 Å². The Morgan fingerprint density at radius 2 is 1.67 bits per heavy atom. The molecule has 4 saturated heterocycles. The van der Waals surface area contributed by atoms with Crippen molar-refractivity contribution < 1.29 is 9.59 Å². The molecular formula is C20H29N5O2. The predicted molar refractivity (Wildman–Crippen MR) is 103 cm³/mol. The number of carbonyl (C=O) groups excluding carboxylic acids is 2. The molecule has 4 heterocycles. The molecule has 0 saturated carbocycles. The zero-order chi connectivity index (χ0) is 18.9. The minimum atomic E-state index is -0.142. The minimum Gasteiger partial charge on any atom is -0.355 e. The molecule has 3 amide bonds. The molecule has 3 atom stereocenters. The average molecular weight is 371 g/mol. The van der Waals surface area contributed by atoms with Gasteiger partial charge in [-0.25, -0.2) is 4.79 Å². The molecule has 0 radical (unpaired) electrons. The van der Waals surface area contributed by atoms with E-state index in [1.54, 1.807) is 0 Å². The van der Waals surface area contributed by atoms with E-state index in [9.17, 15) is 9.59 Å². The van der Waals surface area contributed by atoms with E-state index in [-0.39, 0.29) is 23.4 Å². The third-order valence-electron chi connectivity index (χ3n) is 6.22. The SMILES string of the molecule is CC(=O)NCCNC(=O)N[C@H]1C2CN3CCN(C2)CC1(c1ccccc1)C3. The van der Waals surface area contributed by atoms with Crippen molar-refractivity contribution >= 4 is 11.9 Å². The Balaban J connectivity index is 1.52. The van der Waals surface area contributed by atoms with Crippen LogP contribution < -0.4 is 16.0 Å². The van der Waals surface area contributed by atoms with Crippen molar-refractivity contribution in [2.45, 2.75) is 18.4 Å². The molecule has 0 aliphatic carbocycles. The van der Waals surface area contributed by atoms with Crippen LogP contribution >= 0.6 is 0 Å². The highest BCUT2D eigenvalue weighted by molar-refractivity contribution is 5.75. The molecule has 2 unspecified atom stereocenters. The topological polar surface area (TPSA) is 76.7 Å². The summed E-state index contributed by atoms with van der Waals surface area (Å²) in [5, 5.41) is 8.89. The fourth-order valence-corrected chi connectivity index (χ4v) is 5.18. The molecule has 4 aliphatic heterocycles. The van der Waals surface area contributed by atoms with E-state index < -0.39 is 0 Å². The maximum absolute atomic E-state index is 12.6. The van der Waals surface area contributed by atoms with Crippen molar-refractivity contribution in [2.24, 2.45) is 5.92 Å². The van der Waals surface area contributed by atoms with Gasteiger partial charge in [-0.05, 0) is 5.56 Å². The van der Waals surface area contributed by atoms with E-state index in [1.165, 1.54) is 12.5 Å². The van der Waals surface area contributed by atoms with Crippen LogP contribution in [0.4, 0.5) is 4.79 Å². The first-order valence-corrected chi connectivity index (χ1v) is 9.86. The predicted octanol–water partition coefficient (Wildman–Crippen LogP) is -0.0107. The first kappa shape index (κ1) is 18.3. The maximum Gasteiger partial charge on any atom is 0.315 e. The lowest BCUT2D eigenvalue weighted by molar-refractivity contribution is -0.118. The summed E-state index contributed by atoms with van der Waals surface area (Å²) in [7, 11) is 0. The summed E-state index contributed by atoms with van der Waals surface area (Å²) in [4.78, 5) is 28.7. The van der Waals surface area contributed by atoms with E-state index >= 15 is 0 Å². The smallest absolute Gasteiger partial charge is 0.315 e. The summed E-state index contributed by atoms with van der Waals surface area (Å²) < 4.78 is 0. The fourth-order valence-electron chi connectivity index (χ4n) is 5.18. The summed E-state index contributed by atoms with van der Waals surface area (Å²) in [6, 6.07) is 10.6. The highest BCUT2D eigenvalue weighted by Gasteiger charge is 2.55. The largest absolute Gasteiger partial charge is 0.355 e. The summed E-state index contributed by atoms with van der Waals surface area (Å²) >= 11 is 0. The lowest BCUT2D eigenvalue weighted by atomic mass is 9.64. The van der Waals surface area contributed by atoms with Crippen molar-refractivity contribution in [1.29, 1.82) is 0 Å². The lowest BCUT2D eigenvalue weighted by Crippen LogP contribution is -2.71. The number of benzene rings is 1. The number of nitrogens with zero attached hydrogens (tertiary/aromatic N) is 2. The van der Waals surface area contributed by atoms with Gasteiger partial charge in [0.1, 0.15) is 0 Å². The molecule has 1 aromatic carbocycles. The zero-order valence-corrected chi connectivity index (χ0v) is 15.9. The molecule has 146 valence electrons. The van der Waals surface area contributed by atoms with Crippen LogP contribution in [0.15, 0.2) is 30.3 Å². The highest BCUT2D eigenvalue weighted by Crippen LogP contribution is 2.43. The van der Waals surface area contributed by atoms with Crippen LogP contribution in [-0.2, 0) is 10.2 Å². The van der Waals surface area contributed by atoms with Crippen LogP contribution in [0, 0.1) is 5.92 Å². The number of nitrogens with one attached hydrogen (secondary N) is 3. The number of fused-ring (bicyclic) bond motifs is 1. The molecule has 0 spiro atoms. The lowest BCUT2D eigenvalue weighted by Gasteiger charge is -2.55. The van der Waals surface area contributed by atoms with Crippen molar-refractivity contribution in [3.05, 3.63) is 35.9 Å². The molecule has 4 bridgehead atoms. The third kappa shape index (κ3) is 3.66. The van der Waals surface area contributed by atoms with Gasteiger partial charge < -0.3 is 25.8 Å². The summed E-state index contributed by atoms with van der Waals surface area (Å²) in [5.41, 5.74) is 1.24. The fraction of sp³-hybridized carbons (Fsp3) is 0.600. The number of hydrogen-bond donors (Lipinski definition) is 3. The molecular weight excluding hydrogens is 342 g/mol. The molecule has 7 heteroatoms. The van der Waals surface area contributed by atoms with E-state index in [1.807, 2.05) is 0 Å². The monoisotopic (exact) mass is 371 g/mol. The van der Waals surface area contributed by atoms with Crippen molar-refractivity contribution in [2.75, 3.05) is 52.4 Å². The van der Waals surface area contributed by atoms with Crippen LogP contribution in [0.25, 0.3) is 0 Å². The second-order valence-corrected chi connectivity index (χ2v) is 8.11.